The molecule has 0 bridgehead atoms. The van der Waals surface area contributed by atoms with Crippen molar-refractivity contribution >= 4 is 18.3 Å². The highest BCUT2D eigenvalue weighted by Crippen LogP contribution is 2.21. The van der Waals surface area contributed by atoms with Gasteiger partial charge in [-0.15, -0.1) is 12.4 Å². The fraction of sp³-hybridized carbons (Fsp3) is 0.444. The molecular weight excluding hydrogens is 340 g/mol. The average molecular weight is 365 g/mol. The second-order valence-electron chi connectivity index (χ2n) is 6.57. The van der Waals surface area contributed by atoms with Gasteiger partial charge in [0.15, 0.2) is 11.4 Å². The van der Waals surface area contributed by atoms with Crippen molar-refractivity contribution in [2.75, 3.05) is 13.1 Å². The number of hydrogen-bond donors (Lipinski definition) is 3. The van der Waals surface area contributed by atoms with E-state index in [1.54, 1.807) is 0 Å². The highest BCUT2D eigenvalue weighted by atomic mass is 35.5. The van der Waals surface area contributed by atoms with Crippen LogP contribution >= 0.6 is 12.4 Å². The maximum absolute atomic E-state index is 12.3. The number of halogens is 1. The van der Waals surface area contributed by atoms with Crippen LogP contribution in [-0.2, 0) is 0 Å². The van der Waals surface area contributed by atoms with E-state index in [9.17, 15) is 9.90 Å². The summed E-state index contributed by atoms with van der Waals surface area (Å²) in [7, 11) is 0. The van der Waals surface area contributed by atoms with E-state index in [0.29, 0.717) is 5.92 Å². The van der Waals surface area contributed by atoms with Gasteiger partial charge in [0.2, 0.25) is 0 Å². The van der Waals surface area contributed by atoms with Crippen LogP contribution in [0.5, 0.6) is 5.75 Å². The van der Waals surface area contributed by atoms with Gasteiger partial charge in [0.1, 0.15) is 0 Å². The van der Waals surface area contributed by atoms with E-state index in [1.165, 1.54) is 16.4 Å². The Kier molecular flexibility index (Phi) is 6.45. The Morgan fingerprint density at radius 1 is 1.36 bits per heavy atom. The maximum atomic E-state index is 12.3. The summed E-state index contributed by atoms with van der Waals surface area (Å²) >= 11 is 0. The first-order chi connectivity index (χ1) is 11.5. The molecule has 2 heterocycles. The zero-order valence-corrected chi connectivity index (χ0v) is 15.3. The first kappa shape index (κ1) is 19.3. The Hall–Kier alpha value is -2.05. The van der Waals surface area contributed by atoms with Gasteiger partial charge >= 0.3 is 0 Å². The second kappa shape index (κ2) is 8.36. The predicted molar refractivity (Wildman–Crippen MR) is 99.9 cm³/mol. The van der Waals surface area contributed by atoms with Gasteiger partial charge in [0.25, 0.3) is 5.91 Å². The SMILES string of the molecule is CC(C)c1ccc(-n2cc(O)c(C(=O)N[C@H]3CCCNC3)n2)cc1.Cl. The lowest BCUT2D eigenvalue weighted by molar-refractivity contribution is 0.0922. The molecule has 0 saturated carbocycles. The highest BCUT2D eigenvalue weighted by molar-refractivity contribution is 5.95. The fourth-order valence-electron chi connectivity index (χ4n) is 2.90. The molecule has 0 spiro atoms. The van der Waals surface area contributed by atoms with Crippen molar-refractivity contribution in [3.63, 3.8) is 0 Å². The minimum absolute atomic E-state index is 0. The summed E-state index contributed by atoms with van der Waals surface area (Å²) in [4.78, 5) is 12.3. The van der Waals surface area contributed by atoms with Gasteiger partial charge in [-0.25, -0.2) is 4.68 Å². The standard InChI is InChI=1S/C18H24N4O2.ClH/c1-12(2)13-5-7-15(8-6-13)22-11-16(23)17(21-22)18(24)20-14-4-3-9-19-10-14;/h5-8,11-12,14,19,23H,3-4,9-10H2,1-2H3,(H,20,24);1H/t14-;/m0./s1. The number of carbonyl (C=O) groups excluding carboxylic acids is 1. The van der Waals surface area contributed by atoms with Crippen LogP contribution < -0.4 is 10.6 Å². The van der Waals surface area contributed by atoms with Gasteiger partial charge < -0.3 is 15.7 Å². The van der Waals surface area contributed by atoms with Crippen LogP contribution in [0.2, 0.25) is 0 Å². The van der Waals surface area contributed by atoms with E-state index in [2.05, 4.69) is 29.6 Å². The summed E-state index contributed by atoms with van der Waals surface area (Å²) in [6.45, 7) is 6.01. The Morgan fingerprint density at radius 3 is 2.68 bits per heavy atom. The lowest BCUT2D eigenvalue weighted by Gasteiger charge is -2.23. The van der Waals surface area contributed by atoms with E-state index in [0.717, 1.165) is 31.6 Å². The van der Waals surface area contributed by atoms with E-state index in [-0.39, 0.29) is 35.8 Å². The summed E-state index contributed by atoms with van der Waals surface area (Å²) in [5, 5.41) is 20.5. The van der Waals surface area contributed by atoms with E-state index < -0.39 is 0 Å². The molecule has 6 nitrogen and oxygen atoms in total. The Balaban J connectivity index is 0.00000225. The second-order valence-corrected chi connectivity index (χ2v) is 6.57. The number of benzene rings is 1. The number of aromatic hydroxyl groups is 1. The third kappa shape index (κ3) is 4.52. The highest BCUT2D eigenvalue weighted by Gasteiger charge is 2.21. The molecule has 1 aromatic carbocycles. The molecule has 136 valence electrons. The minimum atomic E-state index is -0.334. The number of amides is 1. The summed E-state index contributed by atoms with van der Waals surface area (Å²) in [5.74, 6) is 0.0125. The van der Waals surface area contributed by atoms with E-state index in [4.69, 9.17) is 0 Å². The minimum Gasteiger partial charge on any atom is -0.504 e. The molecular formula is C18H25ClN4O2. The van der Waals surface area contributed by atoms with Crippen LogP contribution in [0.4, 0.5) is 0 Å². The molecule has 1 fully saturated rings. The number of nitrogens with zero attached hydrogens (tertiary/aromatic N) is 2. The first-order valence-corrected chi connectivity index (χ1v) is 8.45. The molecule has 7 heteroatoms. The van der Waals surface area contributed by atoms with Gasteiger partial charge in [-0.05, 0) is 43.0 Å². The molecule has 0 unspecified atom stereocenters. The first-order valence-electron chi connectivity index (χ1n) is 8.45. The lowest BCUT2D eigenvalue weighted by atomic mass is 10.0. The summed E-state index contributed by atoms with van der Waals surface area (Å²) in [5.41, 5.74) is 2.11. The van der Waals surface area contributed by atoms with Crippen LogP contribution in [-0.4, -0.2) is 39.9 Å². The smallest absolute Gasteiger partial charge is 0.275 e. The van der Waals surface area contributed by atoms with Gasteiger partial charge in [-0.1, -0.05) is 26.0 Å². The summed E-state index contributed by atoms with van der Waals surface area (Å²) in [6, 6.07) is 8.03. The zero-order chi connectivity index (χ0) is 17.1. The van der Waals surface area contributed by atoms with Crippen molar-refractivity contribution in [3.05, 3.63) is 41.7 Å². The summed E-state index contributed by atoms with van der Waals surface area (Å²) < 4.78 is 1.54. The number of rotatable bonds is 4. The number of nitrogens with one attached hydrogen (secondary N) is 2. The van der Waals surface area contributed by atoms with Crippen LogP contribution in [0.1, 0.15) is 48.7 Å². The molecule has 1 saturated heterocycles. The van der Waals surface area contributed by atoms with Crippen molar-refractivity contribution in [1.82, 2.24) is 20.4 Å². The molecule has 1 atom stereocenters. The summed E-state index contributed by atoms with van der Waals surface area (Å²) in [6.07, 6.45) is 3.45. The average Bonchev–Trinajstić information content (AvgIpc) is 2.98. The monoisotopic (exact) mass is 364 g/mol. The molecule has 25 heavy (non-hydrogen) atoms. The molecule has 1 aliphatic heterocycles. The third-order valence-corrected chi connectivity index (χ3v) is 4.37. The lowest BCUT2D eigenvalue weighted by Crippen LogP contribution is -2.45. The molecule has 1 aliphatic rings. The van der Waals surface area contributed by atoms with Gasteiger partial charge in [0.05, 0.1) is 11.9 Å². The van der Waals surface area contributed by atoms with Gasteiger partial charge in [-0.2, -0.15) is 5.10 Å². The van der Waals surface area contributed by atoms with Crippen LogP contribution in [0.15, 0.2) is 30.5 Å². The van der Waals surface area contributed by atoms with Gasteiger partial charge in [0, 0.05) is 12.6 Å². The number of piperidine rings is 1. The van der Waals surface area contributed by atoms with E-state index in [1.807, 2.05) is 24.3 Å². The predicted octanol–water partition coefficient (Wildman–Crippen LogP) is 2.60. The Morgan fingerprint density at radius 2 is 2.08 bits per heavy atom. The largest absolute Gasteiger partial charge is 0.504 e. The molecule has 3 rings (SSSR count). The van der Waals surface area contributed by atoms with Crippen molar-refractivity contribution < 1.29 is 9.90 Å². The van der Waals surface area contributed by atoms with Crippen LogP contribution in [0, 0.1) is 0 Å². The Bertz CT molecular complexity index is 706. The third-order valence-electron chi connectivity index (χ3n) is 4.37. The molecule has 3 N–H and O–H groups in total. The number of aromatic nitrogens is 2. The van der Waals surface area contributed by atoms with E-state index >= 15 is 0 Å². The molecule has 2 aromatic rings. The quantitative estimate of drug-likeness (QED) is 0.779. The Labute approximate surface area is 154 Å². The molecule has 1 aromatic heterocycles. The topological polar surface area (TPSA) is 79.2 Å². The fourth-order valence-corrected chi connectivity index (χ4v) is 2.90. The van der Waals surface area contributed by atoms with Crippen molar-refractivity contribution in [2.24, 2.45) is 0 Å². The number of carbonyl (C=O) groups is 1. The van der Waals surface area contributed by atoms with Crippen molar-refractivity contribution in [2.45, 2.75) is 38.6 Å². The van der Waals surface area contributed by atoms with Crippen molar-refractivity contribution in [3.8, 4) is 11.4 Å². The van der Waals surface area contributed by atoms with Crippen LogP contribution in [0.25, 0.3) is 5.69 Å². The molecule has 1 amide bonds. The van der Waals surface area contributed by atoms with Gasteiger partial charge in [-0.3, -0.25) is 4.79 Å². The molecule has 0 radical (unpaired) electrons. The van der Waals surface area contributed by atoms with Crippen molar-refractivity contribution in [1.29, 1.82) is 0 Å². The zero-order valence-electron chi connectivity index (χ0n) is 14.5. The number of hydrogen-bond acceptors (Lipinski definition) is 4. The van der Waals surface area contributed by atoms with Crippen LogP contribution in [0.3, 0.4) is 0 Å². The maximum Gasteiger partial charge on any atom is 0.275 e. The molecule has 0 aliphatic carbocycles. The normalized spacial score (nSPS) is 17.2.